The van der Waals surface area contributed by atoms with Gasteiger partial charge in [-0.2, -0.15) is 0 Å². The van der Waals surface area contributed by atoms with E-state index in [-0.39, 0.29) is 0 Å². The van der Waals surface area contributed by atoms with Gasteiger partial charge in [0.2, 0.25) is 0 Å². The molecule has 0 N–H and O–H groups in total. The van der Waals surface area contributed by atoms with Crippen molar-refractivity contribution in [3.8, 4) is 0 Å². The number of allylic oxidation sites excluding steroid dienone is 10. The third-order valence-electron chi connectivity index (χ3n) is 4.83. The lowest BCUT2D eigenvalue weighted by molar-refractivity contribution is -2.00. The zero-order chi connectivity index (χ0) is 24.6. The van der Waals surface area contributed by atoms with Crippen molar-refractivity contribution in [2.24, 2.45) is 0 Å². The van der Waals surface area contributed by atoms with Gasteiger partial charge in [-0.1, -0.05) is 66.7 Å². The topological polar surface area (TPSA) is 104 Å². The Bertz CT molecular complexity index is 1190. The standard InChI is InChI=1S/C27H24NO.ClHO4/c1-28(2)25-16-13-21(14-17-25)15-18-26-19-24(22-9-5-3-6-10-22)20-27(29-26)23-11-7-4-8-12-23;2-1(3,4)5/h3-20H,1-2H3;(H,2,3,4,5)/q+1;/p-1. The Hall–Kier alpha value is -3.52. The van der Waals surface area contributed by atoms with Crippen molar-refractivity contribution in [3.05, 3.63) is 132 Å². The predicted octanol–water partition coefficient (Wildman–Crippen LogP) is 1.03. The van der Waals surface area contributed by atoms with Gasteiger partial charge >= 0.3 is 0 Å². The van der Waals surface area contributed by atoms with Gasteiger partial charge in [0, 0.05) is 17.7 Å². The van der Waals surface area contributed by atoms with E-state index >= 15 is 0 Å². The molecule has 0 saturated heterocycles. The number of nitrogens with zero attached hydrogens (tertiary/aromatic N) is 1. The maximum absolute atomic E-state index is 8.49. The molecule has 0 fully saturated rings. The maximum Gasteiger partial charge on any atom is 0.199 e. The quantitative estimate of drug-likeness (QED) is 0.614. The Morgan fingerprint density at radius 3 is 1.76 bits per heavy atom. The Labute approximate surface area is 201 Å². The molecule has 0 atom stereocenters. The van der Waals surface area contributed by atoms with Crippen LogP contribution in [0, 0.1) is 10.2 Å². The van der Waals surface area contributed by atoms with Gasteiger partial charge in [-0.3, -0.25) is 0 Å². The minimum Gasteiger partial charge on any atom is -0.457 e. The largest absolute Gasteiger partial charge is 0.457 e. The van der Waals surface area contributed by atoms with Crippen LogP contribution in [0.5, 0.6) is 0 Å². The second kappa shape index (κ2) is 11.6. The number of hydrogen-bond donors (Lipinski definition) is 0. The molecule has 1 heterocycles. The molecule has 2 aromatic carbocycles. The van der Waals surface area contributed by atoms with Crippen molar-refractivity contribution < 1.29 is 38.2 Å². The number of halogens is 1. The average Bonchev–Trinajstić information content (AvgIpc) is 2.83. The second-order valence-corrected chi connectivity index (χ2v) is 8.30. The molecule has 0 radical (unpaired) electrons. The fourth-order valence-corrected chi connectivity index (χ4v) is 3.21. The Balaban J connectivity index is 0.000000588. The fourth-order valence-electron chi connectivity index (χ4n) is 3.21. The first kappa shape index (κ1) is 25.1. The summed E-state index contributed by atoms with van der Waals surface area (Å²) in [7, 11) is -0.853. The van der Waals surface area contributed by atoms with Crippen LogP contribution in [0.2, 0.25) is 0 Å². The van der Waals surface area contributed by atoms with Crippen LogP contribution in [0.15, 0.2) is 121 Å². The third kappa shape index (κ3) is 8.12. The van der Waals surface area contributed by atoms with Crippen LogP contribution >= 0.6 is 0 Å². The van der Waals surface area contributed by atoms with Crippen LogP contribution in [0.1, 0.15) is 11.1 Å². The highest BCUT2D eigenvalue weighted by atomic mass is 35.7. The highest BCUT2D eigenvalue weighted by Gasteiger charge is 2.14. The summed E-state index contributed by atoms with van der Waals surface area (Å²) in [5.74, 6) is 1.68. The van der Waals surface area contributed by atoms with E-state index < -0.39 is 10.2 Å². The Morgan fingerprint density at radius 1 is 0.706 bits per heavy atom. The van der Waals surface area contributed by atoms with E-state index in [4.69, 9.17) is 23.4 Å². The maximum atomic E-state index is 8.49. The molecule has 2 aromatic rings. The lowest BCUT2D eigenvalue weighted by atomic mass is 10.0. The SMILES string of the molecule is C[N+](C)=C1C=CC(=CC=C2C=C(c3ccccc3)C=C(c3ccccc3)O2)C=C1.[O-][Cl+3]([O-])([O-])[O-]. The number of benzene rings is 2. The highest BCUT2D eigenvalue weighted by Crippen LogP contribution is 2.31. The minimum atomic E-state index is -4.94. The molecule has 0 saturated carbocycles. The summed E-state index contributed by atoms with van der Waals surface area (Å²) in [6, 6.07) is 20.6. The van der Waals surface area contributed by atoms with Crippen molar-refractivity contribution in [3.63, 3.8) is 0 Å². The highest BCUT2D eigenvalue weighted by molar-refractivity contribution is 6.02. The molecule has 1 aliphatic carbocycles. The fraction of sp³-hybridized carbons (Fsp3) is 0.0741. The molecule has 1 aliphatic heterocycles. The van der Waals surface area contributed by atoms with E-state index in [1.165, 1.54) is 11.3 Å². The van der Waals surface area contributed by atoms with Gasteiger partial charge < -0.3 is 4.74 Å². The molecule has 0 aromatic heterocycles. The Kier molecular flexibility index (Phi) is 8.54. The van der Waals surface area contributed by atoms with Crippen molar-refractivity contribution >= 4 is 17.0 Å². The molecule has 4 rings (SSSR count). The molecule has 0 amide bonds. The van der Waals surface area contributed by atoms with Crippen LogP contribution in [-0.2, 0) is 4.74 Å². The van der Waals surface area contributed by atoms with Crippen LogP contribution in [0.4, 0.5) is 0 Å². The van der Waals surface area contributed by atoms with Crippen molar-refractivity contribution in [2.45, 2.75) is 0 Å². The minimum absolute atomic E-state index is 0.821. The molecule has 7 heteroatoms. The van der Waals surface area contributed by atoms with E-state index in [9.17, 15) is 0 Å². The molecule has 0 bridgehead atoms. The summed E-state index contributed by atoms with van der Waals surface area (Å²) < 4.78 is 42.3. The summed E-state index contributed by atoms with van der Waals surface area (Å²) in [6.07, 6.45) is 16.8. The molecule has 174 valence electrons. The molecule has 6 nitrogen and oxygen atoms in total. The first-order valence-electron chi connectivity index (χ1n) is 10.4. The van der Waals surface area contributed by atoms with Gasteiger partial charge in [-0.05, 0) is 47.1 Å². The molecule has 34 heavy (non-hydrogen) atoms. The average molecular weight is 478 g/mol. The van der Waals surface area contributed by atoms with Crippen LogP contribution < -0.4 is 18.6 Å². The van der Waals surface area contributed by atoms with E-state index in [0.717, 1.165) is 28.2 Å². The molecule has 0 spiro atoms. The van der Waals surface area contributed by atoms with E-state index in [2.05, 4.69) is 83.5 Å². The smallest absolute Gasteiger partial charge is 0.199 e. The van der Waals surface area contributed by atoms with Crippen molar-refractivity contribution in [1.82, 2.24) is 0 Å². The first-order chi connectivity index (χ1) is 16.2. The normalized spacial score (nSPS) is 16.2. The van der Waals surface area contributed by atoms with Gasteiger partial charge in [0.05, 0.1) is 0 Å². The zero-order valence-electron chi connectivity index (χ0n) is 18.8. The first-order valence-corrected chi connectivity index (χ1v) is 11.6. The van der Waals surface area contributed by atoms with Crippen molar-refractivity contribution in [1.29, 1.82) is 0 Å². The predicted molar refractivity (Wildman–Crippen MR) is 121 cm³/mol. The summed E-state index contributed by atoms with van der Waals surface area (Å²) >= 11 is 0. The molecule has 0 unspecified atom stereocenters. The van der Waals surface area contributed by atoms with Crippen LogP contribution in [0.3, 0.4) is 0 Å². The monoisotopic (exact) mass is 477 g/mol. The van der Waals surface area contributed by atoms with Gasteiger partial charge in [-0.25, -0.2) is 23.2 Å². The summed E-state index contributed by atoms with van der Waals surface area (Å²) in [5.41, 5.74) is 5.69. The van der Waals surface area contributed by atoms with Crippen LogP contribution in [-0.4, -0.2) is 24.4 Å². The van der Waals surface area contributed by atoms with Gasteiger partial charge in [0.15, 0.2) is 5.71 Å². The van der Waals surface area contributed by atoms with E-state index in [1.807, 2.05) is 44.4 Å². The van der Waals surface area contributed by atoms with Gasteiger partial charge in [0.1, 0.15) is 25.6 Å². The lowest BCUT2D eigenvalue weighted by Gasteiger charge is -2.18. The summed E-state index contributed by atoms with van der Waals surface area (Å²) in [6.45, 7) is 0. The molecular weight excluding hydrogens is 454 g/mol. The summed E-state index contributed by atoms with van der Waals surface area (Å²) in [5, 5.41) is 0. The number of ether oxygens (including phenoxy) is 1. The zero-order valence-corrected chi connectivity index (χ0v) is 19.5. The van der Waals surface area contributed by atoms with Crippen LogP contribution in [0.25, 0.3) is 11.3 Å². The molecular formula is C27H24ClNO5. The van der Waals surface area contributed by atoms with E-state index in [0.29, 0.717) is 0 Å². The second-order valence-electron chi connectivity index (χ2n) is 7.54. The van der Waals surface area contributed by atoms with E-state index in [1.54, 1.807) is 0 Å². The third-order valence-corrected chi connectivity index (χ3v) is 4.83. The van der Waals surface area contributed by atoms with Gasteiger partial charge in [0.25, 0.3) is 0 Å². The molecule has 2 aliphatic rings. The number of rotatable bonds is 3. The summed E-state index contributed by atoms with van der Waals surface area (Å²) in [4.78, 5) is 0. The van der Waals surface area contributed by atoms with Crippen molar-refractivity contribution in [2.75, 3.05) is 14.1 Å². The number of hydrogen-bond acceptors (Lipinski definition) is 5. The Morgan fingerprint density at radius 2 is 1.24 bits per heavy atom. The van der Waals surface area contributed by atoms with Gasteiger partial charge in [-0.15, -0.1) is 10.2 Å². The lowest BCUT2D eigenvalue weighted by Crippen LogP contribution is -2.68.